The molecule has 0 radical (unpaired) electrons. The molecule has 1 rings (SSSR count). The maximum atomic E-state index is 11.8. The summed E-state index contributed by atoms with van der Waals surface area (Å²) < 4.78 is 0. The molecule has 0 aliphatic heterocycles. The number of nitrogens with one attached hydrogen (secondary N) is 2. The van der Waals surface area contributed by atoms with Gasteiger partial charge in [-0.2, -0.15) is 0 Å². The summed E-state index contributed by atoms with van der Waals surface area (Å²) in [6.07, 6.45) is 1.66. The lowest BCUT2D eigenvalue weighted by atomic mass is 9.87. The Morgan fingerprint density at radius 2 is 2.00 bits per heavy atom. The SMILES string of the molecule is CC(NC(=O)N[C@H](C(=O)O)C(C)(C)C)c1nccs1. The van der Waals surface area contributed by atoms with Gasteiger partial charge in [0.05, 0.1) is 6.04 Å². The Morgan fingerprint density at radius 3 is 2.42 bits per heavy atom. The van der Waals surface area contributed by atoms with Gasteiger partial charge in [-0.1, -0.05) is 20.8 Å². The van der Waals surface area contributed by atoms with Gasteiger partial charge in [0.15, 0.2) is 0 Å². The predicted octanol–water partition coefficient (Wildman–Crippen LogP) is 2.00. The maximum Gasteiger partial charge on any atom is 0.326 e. The Hall–Kier alpha value is -1.63. The van der Waals surface area contributed by atoms with E-state index in [0.717, 1.165) is 5.01 Å². The molecule has 1 aromatic rings. The Bertz CT molecular complexity index is 440. The van der Waals surface area contributed by atoms with E-state index in [1.54, 1.807) is 33.9 Å². The number of carbonyl (C=O) groups is 2. The minimum absolute atomic E-state index is 0.255. The molecule has 1 aromatic heterocycles. The zero-order chi connectivity index (χ0) is 14.6. The number of carbonyl (C=O) groups excluding carboxylic acids is 1. The maximum absolute atomic E-state index is 11.8. The van der Waals surface area contributed by atoms with Gasteiger partial charge < -0.3 is 15.7 Å². The van der Waals surface area contributed by atoms with Crippen LogP contribution in [0.3, 0.4) is 0 Å². The summed E-state index contributed by atoms with van der Waals surface area (Å²) in [6, 6.07) is -1.71. The minimum atomic E-state index is -1.05. The molecular weight excluding hydrogens is 266 g/mol. The van der Waals surface area contributed by atoms with Crippen molar-refractivity contribution in [1.82, 2.24) is 15.6 Å². The highest BCUT2D eigenvalue weighted by Gasteiger charge is 2.32. The standard InChI is InChI=1S/C12H19N3O3S/c1-7(9-13-5-6-19-9)14-11(18)15-8(10(16)17)12(2,3)4/h5-8H,1-4H3,(H,16,17)(H2,14,15,18)/t7?,8-/m1/s1. The number of hydrogen-bond acceptors (Lipinski definition) is 4. The largest absolute Gasteiger partial charge is 0.480 e. The summed E-state index contributed by atoms with van der Waals surface area (Å²) >= 11 is 1.43. The number of rotatable bonds is 4. The zero-order valence-corrected chi connectivity index (χ0v) is 12.2. The molecule has 6 nitrogen and oxygen atoms in total. The third kappa shape index (κ3) is 4.51. The lowest BCUT2D eigenvalue weighted by Gasteiger charge is -2.28. The third-order valence-corrected chi connectivity index (χ3v) is 3.52. The highest BCUT2D eigenvalue weighted by Crippen LogP contribution is 2.20. The summed E-state index contributed by atoms with van der Waals surface area (Å²) in [4.78, 5) is 27.0. The van der Waals surface area contributed by atoms with Crippen LogP contribution < -0.4 is 10.6 Å². The Kier molecular flexibility index (Phi) is 4.88. The highest BCUT2D eigenvalue weighted by atomic mass is 32.1. The second-order valence-electron chi connectivity index (χ2n) is 5.35. The third-order valence-electron chi connectivity index (χ3n) is 2.56. The molecule has 0 aliphatic carbocycles. The first kappa shape index (κ1) is 15.4. The average molecular weight is 285 g/mol. The molecule has 7 heteroatoms. The van der Waals surface area contributed by atoms with Crippen LogP contribution in [-0.4, -0.2) is 28.1 Å². The van der Waals surface area contributed by atoms with Gasteiger partial charge in [-0.25, -0.2) is 14.6 Å². The fraction of sp³-hybridized carbons (Fsp3) is 0.583. The summed E-state index contributed by atoms with van der Waals surface area (Å²) in [6.45, 7) is 7.08. The summed E-state index contributed by atoms with van der Waals surface area (Å²) in [5.41, 5.74) is -0.562. The van der Waals surface area contributed by atoms with Crippen LogP contribution in [0.4, 0.5) is 4.79 Å². The minimum Gasteiger partial charge on any atom is -0.480 e. The average Bonchev–Trinajstić information content (AvgIpc) is 2.77. The number of amides is 2. The number of carboxylic acids is 1. The van der Waals surface area contributed by atoms with E-state index in [2.05, 4.69) is 15.6 Å². The van der Waals surface area contributed by atoms with Gasteiger partial charge in [0.1, 0.15) is 11.0 Å². The number of hydrogen-bond donors (Lipinski definition) is 3. The van der Waals surface area contributed by atoms with Gasteiger partial charge in [0.2, 0.25) is 0 Å². The molecule has 0 saturated heterocycles. The quantitative estimate of drug-likeness (QED) is 0.789. The summed E-state index contributed by atoms with van der Waals surface area (Å²) in [5, 5.41) is 16.9. The molecule has 3 N–H and O–H groups in total. The highest BCUT2D eigenvalue weighted by molar-refractivity contribution is 7.09. The van der Waals surface area contributed by atoms with Crippen LogP contribution in [-0.2, 0) is 4.79 Å². The van der Waals surface area contributed by atoms with Crippen LogP contribution in [0.5, 0.6) is 0 Å². The van der Waals surface area contributed by atoms with Crippen LogP contribution in [0.1, 0.15) is 38.7 Å². The lowest BCUT2D eigenvalue weighted by Crippen LogP contribution is -2.52. The van der Waals surface area contributed by atoms with Crippen LogP contribution in [0, 0.1) is 5.41 Å². The summed E-state index contributed by atoms with van der Waals surface area (Å²) in [5.74, 6) is -1.05. The van der Waals surface area contributed by atoms with Gasteiger partial charge in [-0.15, -0.1) is 11.3 Å². The van der Waals surface area contributed by atoms with Crippen molar-refractivity contribution >= 4 is 23.3 Å². The lowest BCUT2D eigenvalue weighted by molar-refractivity contribution is -0.141. The molecule has 1 unspecified atom stereocenters. The molecule has 19 heavy (non-hydrogen) atoms. The second kappa shape index (κ2) is 6.01. The van der Waals surface area contributed by atoms with Crippen molar-refractivity contribution < 1.29 is 14.7 Å². The Balaban J connectivity index is 2.61. The molecule has 0 saturated carbocycles. The van der Waals surface area contributed by atoms with E-state index in [1.165, 1.54) is 11.3 Å². The number of nitrogens with zero attached hydrogens (tertiary/aromatic N) is 1. The molecule has 0 aliphatic rings. The molecule has 106 valence electrons. The van der Waals surface area contributed by atoms with Gasteiger partial charge in [-0.3, -0.25) is 0 Å². The molecule has 2 atom stereocenters. The van der Waals surface area contributed by atoms with Gasteiger partial charge in [-0.05, 0) is 12.3 Å². The number of aromatic nitrogens is 1. The van der Waals surface area contributed by atoms with Crippen LogP contribution >= 0.6 is 11.3 Å². The van der Waals surface area contributed by atoms with E-state index in [-0.39, 0.29) is 6.04 Å². The van der Waals surface area contributed by atoms with Crippen molar-refractivity contribution in [3.63, 3.8) is 0 Å². The van der Waals surface area contributed by atoms with E-state index in [0.29, 0.717) is 0 Å². The van der Waals surface area contributed by atoms with E-state index in [9.17, 15) is 9.59 Å². The van der Waals surface area contributed by atoms with E-state index in [1.807, 2.05) is 5.38 Å². The first-order valence-corrected chi connectivity index (χ1v) is 6.79. The number of carboxylic acid groups (broad SMARTS) is 1. The summed E-state index contributed by atoms with van der Waals surface area (Å²) in [7, 11) is 0. The molecule has 0 spiro atoms. The van der Waals surface area contributed by atoms with Crippen molar-refractivity contribution in [1.29, 1.82) is 0 Å². The van der Waals surface area contributed by atoms with Crippen LogP contribution in [0.15, 0.2) is 11.6 Å². The van der Waals surface area contributed by atoms with Crippen molar-refractivity contribution in [2.45, 2.75) is 39.8 Å². The molecule has 1 heterocycles. The van der Waals surface area contributed by atoms with E-state index >= 15 is 0 Å². The fourth-order valence-electron chi connectivity index (χ4n) is 1.53. The predicted molar refractivity (Wildman–Crippen MR) is 73.1 cm³/mol. The Labute approximate surface area is 116 Å². The van der Waals surface area contributed by atoms with Crippen molar-refractivity contribution in [3.8, 4) is 0 Å². The number of aliphatic carboxylic acids is 1. The first-order valence-electron chi connectivity index (χ1n) is 5.91. The van der Waals surface area contributed by atoms with E-state index < -0.39 is 23.5 Å². The zero-order valence-electron chi connectivity index (χ0n) is 11.4. The number of urea groups is 1. The van der Waals surface area contributed by atoms with Crippen LogP contribution in [0.25, 0.3) is 0 Å². The van der Waals surface area contributed by atoms with Crippen molar-refractivity contribution in [2.75, 3.05) is 0 Å². The smallest absolute Gasteiger partial charge is 0.326 e. The molecule has 0 aromatic carbocycles. The van der Waals surface area contributed by atoms with Gasteiger partial charge in [0.25, 0.3) is 0 Å². The first-order chi connectivity index (χ1) is 8.71. The number of thiazole rings is 1. The molecular formula is C12H19N3O3S. The monoisotopic (exact) mass is 285 g/mol. The van der Waals surface area contributed by atoms with Crippen LogP contribution in [0.2, 0.25) is 0 Å². The topological polar surface area (TPSA) is 91.3 Å². The fourth-order valence-corrected chi connectivity index (χ4v) is 2.17. The van der Waals surface area contributed by atoms with Crippen molar-refractivity contribution in [3.05, 3.63) is 16.6 Å². The van der Waals surface area contributed by atoms with E-state index in [4.69, 9.17) is 5.11 Å². The molecule has 0 fully saturated rings. The molecule has 2 amide bonds. The van der Waals surface area contributed by atoms with Crippen molar-refractivity contribution in [2.24, 2.45) is 5.41 Å². The van der Waals surface area contributed by atoms with Gasteiger partial charge >= 0.3 is 12.0 Å². The second-order valence-corrected chi connectivity index (χ2v) is 6.27. The molecule has 0 bridgehead atoms. The normalized spacial score (nSPS) is 14.5. The Morgan fingerprint density at radius 1 is 1.37 bits per heavy atom. The van der Waals surface area contributed by atoms with Gasteiger partial charge in [0, 0.05) is 11.6 Å².